The molecule has 100 valence electrons. The van der Waals surface area contributed by atoms with Gasteiger partial charge in [0.25, 0.3) is 0 Å². The fraction of sp³-hybridized carbons (Fsp3) is 0.250. The molecule has 0 spiro atoms. The number of amides is 1. The van der Waals surface area contributed by atoms with E-state index in [0.717, 1.165) is 15.9 Å². The van der Waals surface area contributed by atoms with Crippen molar-refractivity contribution in [3.63, 3.8) is 0 Å². The summed E-state index contributed by atoms with van der Waals surface area (Å²) in [6.07, 6.45) is 0. The van der Waals surface area contributed by atoms with Gasteiger partial charge in [0, 0.05) is 22.9 Å². The van der Waals surface area contributed by atoms with E-state index >= 15 is 0 Å². The van der Waals surface area contributed by atoms with Crippen molar-refractivity contribution < 1.29 is 9.53 Å². The SMILES string of the molecule is COc1ccc(-c2c(C)nn(C(N)=O)c2N)c(C)n1. The lowest BCUT2D eigenvalue weighted by Crippen LogP contribution is -2.22. The van der Waals surface area contributed by atoms with Gasteiger partial charge in [0.1, 0.15) is 5.82 Å². The molecule has 0 fully saturated rings. The van der Waals surface area contributed by atoms with Gasteiger partial charge < -0.3 is 16.2 Å². The second-order valence-corrected chi connectivity index (χ2v) is 4.08. The molecule has 0 saturated heterocycles. The molecule has 0 saturated carbocycles. The monoisotopic (exact) mass is 261 g/mol. The highest BCUT2D eigenvalue weighted by atomic mass is 16.5. The molecule has 7 heteroatoms. The minimum atomic E-state index is -0.717. The highest BCUT2D eigenvalue weighted by Crippen LogP contribution is 2.31. The van der Waals surface area contributed by atoms with Gasteiger partial charge in [0.2, 0.25) is 5.88 Å². The number of anilines is 1. The third kappa shape index (κ3) is 2.10. The Morgan fingerprint density at radius 1 is 1.32 bits per heavy atom. The molecule has 2 aromatic rings. The number of hydrogen-bond donors (Lipinski definition) is 2. The third-order valence-corrected chi connectivity index (χ3v) is 2.84. The molecule has 1 amide bonds. The summed E-state index contributed by atoms with van der Waals surface area (Å²) in [4.78, 5) is 15.5. The summed E-state index contributed by atoms with van der Waals surface area (Å²) in [6.45, 7) is 3.59. The van der Waals surface area contributed by atoms with Gasteiger partial charge in [-0.15, -0.1) is 0 Å². The van der Waals surface area contributed by atoms with Crippen molar-refractivity contribution >= 4 is 11.8 Å². The molecular formula is C12H15N5O2. The van der Waals surface area contributed by atoms with Gasteiger partial charge in [-0.2, -0.15) is 9.78 Å². The van der Waals surface area contributed by atoms with E-state index in [1.54, 1.807) is 20.1 Å². The predicted octanol–water partition coefficient (Wildman–Crippen LogP) is 1.08. The molecule has 0 aliphatic carbocycles. The maximum atomic E-state index is 11.2. The number of ether oxygens (including phenoxy) is 1. The molecule has 0 atom stereocenters. The summed E-state index contributed by atoms with van der Waals surface area (Å²) in [5.41, 5.74) is 13.9. The summed E-state index contributed by atoms with van der Waals surface area (Å²) in [6, 6.07) is 2.83. The van der Waals surface area contributed by atoms with Crippen molar-refractivity contribution in [2.45, 2.75) is 13.8 Å². The molecule has 0 aliphatic heterocycles. The third-order valence-electron chi connectivity index (χ3n) is 2.84. The Morgan fingerprint density at radius 2 is 2.00 bits per heavy atom. The van der Waals surface area contributed by atoms with Crippen molar-refractivity contribution in [3.8, 4) is 17.0 Å². The first kappa shape index (κ1) is 12.9. The Kier molecular flexibility index (Phi) is 3.12. The van der Waals surface area contributed by atoms with Crippen LogP contribution in [0.1, 0.15) is 11.4 Å². The lowest BCUT2D eigenvalue weighted by Gasteiger charge is -2.07. The van der Waals surface area contributed by atoms with Crippen LogP contribution in [0, 0.1) is 13.8 Å². The lowest BCUT2D eigenvalue weighted by molar-refractivity contribution is 0.248. The Hall–Kier alpha value is -2.57. The summed E-state index contributed by atoms with van der Waals surface area (Å²) in [5, 5.41) is 4.03. The molecule has 2 aromatic heterocycles. The number of methoxy groups -OCH3 is 1. The Morgan fingerprint density at radius 3 is 2.47 bits per heavy atom. The number of rotatable bonds is 2. The number of hydrogen-bond acceptors (Lipinski definition) is 5. The Bertz CT molecular complexity index is 648. The van der Waals surface area contributed by atoms with E-state index in [1.165, 1.54) is 0 Å². The molecule has 0 radical (unpaired) electrons. The zero-order valence-electron chi connectivity index (χ0n) is 11.0. The second kappa shape index (κ2) is 4.60. The number of carbonyl (C=O) groups excluding carboxylic acids is 1. The van der Waals surface area contributed by atoms with Gasteiger partial charge in [-0.1, -0.05) is 0 Å². The molecule has 0 unspecified atom stereocenters. The maximum Gasteiger partial charge on any atom is 0.341 e. The van der Waals surface area contributed by atoms with Gasteiger partial charge >= 0.3 is 6.03 Å². The average Bonchev–Trinajstić information content (AvgIpc) is 2.65. The first-order valence-corrected chi connectivity index (χ1v) is 5.62. The number of carbonyl (C=O) groups is 1. The van der Waals surface area contributed by atoms with Crippen molar-refractivity contribution in [2.75, 3.05) is 12.8 Å². The van der Waals surface area contributed by atoms with Crippen molar-refractivity contribution in [1.29, 1.82) is 0 Å². The van der Waals surface area contributed by atoms with Crippen LogP contribution in [0.5, 0.6) is 5.88 Å². The van der Waals surface area contributed by atoms with Gasteiger partial charge in [0.05, 0.1) is 12.8 Å². The smallest absolute Gasteiger partial charge is 0.341 e. The number of nitrogens with zero attached hydrogens (tertiary/aromatic N) is 3. The quantitative estimate of drug-likeness (QED) is 0.840. The van der Waals surface area contributed by atoms with Gasteiger partial charge in [0.15, 0.2) is 0 Å². The average molecular weight is 261 g/mol. The first-order chi connectivity index (χ1) is 8.95. The normalized spacial score (nSPS) is 10.5. The fourth-order valence-corrected chi connectivity index (χ4v) is 1.96. The van der Waals surface area contributed by atoms with Gasteiger partial charge in [-0.05, 0) is 19.9 Å². The van der Waals surface area contributed by atoms with Crippen molar-refractivity contribution in [2.24, 2.45) is 5.73 Å². The van der Waals surface area contributed by atoms with Crippen LogP contribution in [0.3, 0.4) is 0 Å². The largest absolute Gasteiger partial charge is 0.481 e. The predicted molar refractivity (Wildman–Crippen MR) is 70.9 cm³/mol. The molecule has 19 heavy (non-hydrogen) atoms. The molecule has 7 nitrogen and oxygen atoms in total. The summed E-state index contributed by atoms with van der Waals surface area (Å²) in [7, 11) is 1.55. The van der Waals surface area contributed by atoms with Crippen molar-refractivity contribution in [3.05, 3.63) is 23.5 Å². The molecule has 2 rings (SSSR count). The highest BCUT2D eigenvalue weighted by Gasteiger charge is 2.19. The van der Waals surface area contributed by atoms with Crippen LogP contribution in [-0.4, -0.2) is 27.9 Å². The minimum absolute atomic E-state index is 0.208. The number of pyridine rings is 1. The summed E-state index contributed by atoms with van der Waals surface area (Å²) >= 11 is 0. The van der Waals surface area contributed by atoms with Crippen LogP contribution in [-0.2, 0) is 0 Å². The Balaban J connectivity index is 2.62. The number of nitrogens with two attached hydrogens (primary N) is 2. The van der Waals surface area contributed by atoms with E-state index in [-0.39, 0.29) is 5.82 Å². The standard InChI is InChI=1S/C12H15N5O2/c1-6-8(4-5-9(15-6)19-3)10-7(2)16-17(11(10)13)12(14)18/h4-5H,13H2,1-3H3,(H2,14,18). The molecule has 4 N–H and O–H groups in total. The lowest BCUT2D eigenvalue weighted by atomic mass is 10.0. The van der Waals surface area contributed by atoms with Gasteiger partial charge in [-0.25, -0.2) is 9.78 Å². The van der Waals surface area contributed by atoms with Crippen LogP contribution in [0.25, 0.3) is 11.1 Å². The first-order valence-electron chi connectivity index (χ1n) is 5.62. The molecule has 0 bridgehead atoms. The zero-order chi connectivity index (χ0) is 14.2. The number of aryl methyl sites for hydroxylation is 2. The van der Waals surface area contributed by atoms with E-state index in [9.17, 15) is 4.79 Å². The Labute approximate surface area is 110 Å². The molecule has 0 aromatic carbocycles. The summed E-state index contributed by atoms with van der Waals surface area (Å²) in [5.74, 6) is 0.722. The molecule has 0 aliphatic rings. The van der Waals surface area contributed by atoms with Crippen molar-refractivity contribution in [1.82, 2.24) is 14.8 Å². The van der Waals surface area contributed by atoms with E-state index in [1.807, 2.05) is 13.0 Å². The molecule has 2 heterocycles. The van der Waals surface area contributed by atoms with Crippen LogP contribution >= 0.6 is 0 Å². The van der Waals surface area contributed by atoms with E-state index in [4.69, 9.17) is 16.2 Å². The van der Waals surface area contributed by atoms with E-state index in [0.29, 0.717) is 17.1 Å². The number of aromatic nitrogens is 3. The van der Waals surface area contributed by atoms with Crippen LogP contribution in [0.2, 0.25) is 0 Å². The van der Waals surface area contributed by atoms with Crippen LogP contribution in [0.15, 0.2) is 12.1 Å². The fourth-order valence-electron chi connectivity index (χ4n) is 1.96. The topological polar surface area (TPSA) is 109 Å². The van der Waals surface area contributed by atoms with E-state index < -0.39 is 6.03 Å². The van der Waals surface area contributed by atoms with Gasteiger partial charge in [-0.3, -0.25) is 0 Å². The summed E-state index contributed by atoms with van der Waals surface area (Å²) < 4.78 is 6.03. The van der Waals surface area contributed by atoms with Crippen LogP contribution < -0.4 is 16.2 Å². The zero-order valence-corrected chi connectivity index (χ0v) is 11.0. The second-order valence-electron chi connectivity index (χ2n) is 4.08. The minimum Gasteiger partial charge on any atom is -0.481 e. The van der Waals surface area contributed by atoms with E-state index in [2.05, 4.69) is 10.1 Å². The molecular weight excluding hydrogens is 246 g/mol. The van der Waals surface area contributed by atoms with Crippen LogP contribution in [0.4, 0.5) is 10.6 Å². The number of primary amides is 1. The highest BCUT2D eigenvalue weighted by molar-refractivity contribution is 5.86. The maximum absolute atomic E-state index is 11.2. The number of nitrogen functional groups attached to an aromatic ring is 1.